The van der Waals surface area contributed by atoms with Gasteiger partial charge in [0.15, 0.2) is 12.4 Å². The molecule has 0 atom stereocenters. The molecular weight excluding hydrogens is 421 g/mol. The van der Waals surface area contributed by atoms with Crippen LogP contribution in [0.4, 0.5) is 5.69 Å². The molecule has 0 radical (unpaired) electrons. The highest BCUT2D eigenvalue weighted by atomic mass is 35.5. The second-order valence-electron chi connectivity index (χ2n) is 6.59. The van der Waals surface area contributed by atoms with Crippen LogP contribution in [0.5, 0.6) is 0 Å². The molecule has 2 rings (SSSR count). The summed E-state index contributed by atoms with van der Waals surface area (Å²) in [4.78, 5) is 11.0. The number of pyridine rings is 1. The molecule has 0 unspecified atom stereocenters. The second-order valence-corrected chi connectivity index (χ2v) is 6.59. The van der Waals surface area contributed by atoms with Crippen LogP contribution in [0, 0.1) is 0 Å². The van der Waals surface area contributed by atoms with E-state index < -0.39 is 0 Å². The van der Waals surface area contributed by atoms with E-state index >= 15 is 0 Å². The number of anilines is 1. The normalized spacial score (nSPS) is 10.5. The maximum atomic E-state index is 5.53. The molecule has 0 aliphatic carbocycles. The molecule has 0 fully saturated rings. The summed E-state index contributed by atoms with van der Waals surface area (Å²) < 4.78 is 2.24. The minimum atomic E-state index is 0. The smallest absolute Gasteiger partial charge is 0.169 e. The first-order chi connectivity index (χ1) is 13.8. The van der Waals surface area contributed by atoms with Gasteiger partial charge in [0.1, 0.15) is 6.54 Å². The first-order valence-corrected chi connectivity index (χ1v) is 10.3. The van der Waals surface area contributed by atoms with Gasteiger partial charge in [0.2, 0.25) is 0 Å². The second kappa shape index (κ2) is 17.1. The lowest BCUT2D eigenvalue weighted by atomic mass is 10.1. The Kier molecular flexibility index (Phi) is 16.2. The van der Waals surface area contributed by atoms with Crippen LogP contribution in [0.15, 0.2) is 48.8 Å². The fourth-order valence-electron chi connectivity index (χ4n) is 2.84. The average Bonchev–Trinajstić information content (AvgIpc) is 2.73. The zero-order valence-corrected chi connectivity index (χ0v) is 19.6. The summed E-state index contributed by atoms with van der Waals surface area (Å²) in [5.41, 5.74) is 8.73. The van der Waals surface area contributed by atoms with Gasteiger partial charge in [0, 0.05) is 18.6 Å². The lowest BCUT2D eigenvalue weighted by Crippen LogP contribution is -3.00. The van der Waals surface area contributed by atoms with Crippen molar-refractivity contribution in [3.8, 4) is 0 Å². The van der Waals surface area contributed by atoms with E-state index in [2.05, 4.69) is 53.4 Å². The summed E-state index contributed by atoms with van der Waals surface area (Å²) >= 11 is 0. The van der Waals surface area contributed by atoms with Gasteiger partial charge in [-0.05, 0) is 56.5 Å². The number of rotatable bonds is 13. The number of unbranched alkanes of at least 4 members (excludes halogenated alkanes) is 3. The number of aryl methyl sites for hydroxylation is 1. The number of aromatic nitrogens is 1. The van der Waals surface area contributed by atoms with Crippen LogP contribution < -0.4 is 27.9 Å². The summed E-state index contributed by atoms with van der Waals surface area (Å²) in [7, 11) is 0. The molecule has 0 saturated carbocycles. The molecule has 2 aromatic rings. The fraction of sp³-hybridized carbons (Fsp3) is 0.435. The van der Waals surface area contributed by atoms with Crippen molar-refractivity contribution in [1.29, 1.82) is 0 Å². The van der Waals surface area contributed by atoms with Crippen LogP contribution in [0.1, 0.15) is 50.7 Å². The molecule has 1 aromatic heterocycles. The minimum absolute atomic E-state index is 0. The van der Waals surface area contributed by atoms with E-state index in [-0.39, 0.29) is 24.8 Å². The maximum Gasteiger partial charge on any atom is 0.169 e. The van der Waals surface area contributed by atoms with Crippen molar-refractivity contribution in [3.05, 3.63) is 59.9 Å². The van der Waals surface area contributed by atoms with Gasteiger partial charge in [-0.25, -0.2) is 14.2 Å². The molecule has 1 aromatic carbocycles. The Bertz CT molecular complexity index is 689. The molecular formula is C23H35Cl2N3O2. The highest BCUT2D eigenvalue weighted by molar-refractivity contribution is 5.85. The van der Waals surface area contributed by atoms with E-state index in [4.69, 9.17) is 15.4 Å². The Morgan fingerprint density at radius 2 is 1.37 bits per heavy atom. The first-order valence-electron chi connectivity index (χ1n) is 10.3. The van der Waals surface area contributed by atoms with Crippen LogP contribution in [0.2, 0.25) is 0 Å². The monoisotopic (exact) mass is 455 g/mol. The molecule has 7 heteroatoms. The van der Waals surface area contributed by atoms with Gasteiger partial charge in [0.05, 0.1) is 18.9 Å². The van der Waals surface area contributed by atoms with E-state index in [9.17, 15) is 0 Å². The highest BCUT2D eigenvalue weighted by Gasteiger charge is 2.06. The van der Waals surface area contributed by atoms with E-state index in [0.717, 1.165) is 30.8 Å². The summed E-state index contributed by atoms with van der Waals surface area (Å²) in [6.45, 7) is 6.86. The van der Waals surface area contributed by atoms with Crippen molar-refractivity contribution in [3.63, 3.8) is 0 Å². The van der Waals surface area contributed by atoms with Crippen LogP contribution in [-0.2, 0) is 16.2 Å². The van der Waals surface area contributed by atoms with Gasteiger partial charge >= 0.3 is 0 Å². The zero-order valence-electron chi connectivity index (χ0n) is 18.0. The largest absolute Gasteiger partial charge is 1.00 e. The van der Waals surface area contributed by atoms with Gasteiger partial charge in [-0.3, -0.25) is 0 Å². The van der Waals surface area contributed by atoms with Crippen LogP contribution in [-0.4, -0.2) is 19.8 Å². The van der Waals surface area contributed by atoms with Gasteiger partial charge in [0.25, 0.3) is 0 Å². The Hall–Kier alpha value is -1.63. The molecule has 0 bridgehead atoms. The molecule has 30 heavy (non-hydrogen) atoms. The van der Waals surface area contributed by atoms with E-state index in [0.29, 0.717) is 13.2 Å². The Morgan fingerprint density at radius 1 is 0.833 bits per heavy atom. The molecule has 1 heterocycles. The summed E-state index contributed by atoms with van der Waals surface area (Å²) in [5, 5.41) is 1.47. The average molecular weight is 456 g/mol. The third-order valence-corrected chi connectivity index (χ3v) is 4.35. The molecule has 0 aliphatic rings. The van der Waals surface area contributed by atoms with Crippen molar-refractivity contribution >= 4 is 30.2 Å². The van der Waals surface area contributed by atoms with E-state index in [1.54, 1.807) is 0 Å². The van der Waals surface area contributed by atoms with Crippen LogP contribution in [0.3, 0.4) is 0 Å². The maximum absolute atomic E-state index is 5.53. The summed E-state index contributed by atoms with van der Waals surface area (Å²) in [6, 6.07) is 12.4. The number of benzene rings is 1. The van der Waals surface area contributed by atoms with Crippen molar-refractivity contribution in [2.75, 3.05) is 25.0 Å². The lowest BCUT2D eigenvalue weighted by molar-refractivity contribution is -0.697. The zero-order chi connectivity index (χ0) is 20.0. The topological polar surface area (TPSA) is 51.6 Å². The SMILES string of the molecule is CCON(OCC)c1ccc(C=Cc2cc[n+](CCCCCCN)cc2)cc1.Cl.[Cl-]. The fourth-order valence-corrected chi connectivity index (χ4v) is 2.84. The third kappa shape index (κ3) is 10.4. The molecule has 5 nitrogen and oxygen atoms in total. The standard InChI is InChI=1S/C23H34N3O2.2ClH/c1-3-27-26(28-4-2)23-13-11-21(12-14-23)9-10-22-15-19-25(20-16-22)18-8-6-5-7-17-24;;/h9-16,19-20H,3-8,17-18,24H2,1-2H3;2*1H/q+1;;/p-1. The van der Waals surface area contributed by atoms with Crippen molar-refractivity contribution < 1.29 is 26.6 Å². The Labute approximate surface area is 193 Å². The molecule has 0 amide bonds. The van der Waals surface area contributed by atoms with E-state index in [1.165, 1.54) is 30.1 Å². The molecule has 0 aliphatic heterocycles. The summed E-state index contributed by atoms with van der Waals surface area (Å²) in [6.07, 6.45) is 13.3. The van der Waals surface area contributed by atoms with Gasteiger partial charge < -0.3 is 18.1 Å². The van der Waals surface area contributed by atoms with Gasteiger partial charge in [-0.2, -0.15) is 0 Å². The molecule has 168 valence electrons. The number of nitrogens with zero attached hydrogens (tertiary/aromatic N) is 2. The predicted molar refractivity (Wildman–Crippen MR) is 123 cm³/mol. The van der Waals surface area contributed by atoms with Crippen molar-refractivity contribution in [1.82, 2.24) is 0 Å². The first kappa shape index (κ1) is 28.4. The third-order valence-electron chi connectivity index (χ3n) is 4.35. The number of nitrogens with two attached hydrogens (primary N) is 1. The molecule has 0 spiro atoms. The number of halogens is 2. The van der Waals surface area contributed by atoms with Gasteiger partial charge in [-0.1, -0.05) is 30.7 Å². The number of hydrogen-bond donors (Lipinski definition) is 1. The Balaban J connectivity index is 0.00000420. The minimum Gasteiger partial charge on any atom is -1.00 e. The Morgan fingerprint density at radius 3 is 1.90 bits per heavy atom. The highest BCUT2D eigenvalue weighted by Crippen LogP contribution is 2.17. The molecule has 0 saturated heterocycles. The van der Waals surface area contributed by atoms with Gasteiger partial charge in [-0.15, -0.1) is 17.6 Å². The quantitative estimate of drug-likeness (QED) is 0.284. The van der Waals surface area contributed by atoms with Crippen molar-refractivity contribution in [2.24, 2.45) is 5.73 Å². The van der Waals surface area contributed by atoms with Crippen LogP contribution in [0.25, 0.3) is 12.2 Å². The van der Waals surface area contributed by atoms with Crippen LogP contribution >= 0.6 is 12.4 Å². The number of hydrogen-bond acceptors (Lipinski definition) is 4. The molecule has 2 N–H and O–H groups in total. The predicted octanol–water partition coefficient (Wildman–Crippen LogP) is 1.80. The lowest BCUT2D eigenvalue weighted by Gasteiger charge is -2.21. The van der Waals surface area contributed by atoms with Crippen molar-refractivity contribution in [2.45, 2.75) is 46.1 Å². The van der Waals surface area contributed by atoms with E-state index in [1.807, 2.05) is 26.0 Å². The summed E-state index contributed by atoms with van der Waals surface area (Å²) in [5.74, 6) is 0.